The molecule has 1 amide bonds. The molecule has 0 aromatic heterocycles. The molecule has 0 fully saturated rings. The molecule has 1 unspecified atom stereocenters. The molecule has 1 aliphatic heterocycles. The van der Waals surface area contributed by atoms with E-state index in [-0.39, 0.29) is 11.9 Å². The molecule has 0 radical (unpaired) electrons. The third-order valence-corrected chi connectivity index (χ3v) is 4.10. The smallest absolute Gasteiger partial charge is 0.237 e. The number of nitrogens with two attached hydrogens (primary N) is 1. The Kier molecular flexibility index (Phi) is 3.97. The summed E-state index contributed by atoms with van der Waals surface area (Å²) in [5, 5.41) is 3.67. The number of halogens is 1. The van der Waals surface area contributed by atoms with E-state index in [1.165, 1.54) is 4.90 Å². The van der Waals surface area contributed by atoms with Crippen molar-refractivity contribution >= 4 is 29.3 Å². The predicted octanol–water partition coefficient (Wildman–Crippen LogP) is 2.34. The van der Waals surface area contributed by atoms with Crippen LogP contribution < -0.4 is 11.1 Å². The van der Waals surface area contributed by atoms with Gasteiger partial charge in [-0.1, -0.05) is 11.6 Å². The van der Waals surface area contributed by atoms with Crippen LogP contribution in [0.3, 0.4) is 0 Å². The van der Waals surface area contributed by atoms with Crippen LogP contribution in [0, 0.1) is 0 Å². The first-order chi connectivity index (χ1) is 8.08. The van der Waals surface area contributed by atoms with E-state index < -0.39 is 6.04 Å². The van der Waals surface area contributed by atoms with Gasteiger partial charge in [-0.05, 0) is 37.1 Å². The number of rotatable bonds is 2. The van der Waals surface area contributed by atoms with Crippen LogP contribution in [-0.2, 0) is 4.79 Å². The first kappa shape index (κ1) is 12.7. The summed E-state index contributed by atoms with van der Waals surface area (Å²) < 4.78 is 0. The van der Waals surface area contributed by atoms with E-state index in [9.17, 15) is 4.79 Å². The van der Waals surface area contributed by atoms with Crippen molar-refractivity contribution in [1.82, 2.24) is 5.32 Å². The van der Waals surface area contributed by atoms with Gasteiger partial charge in [-0.2, -0.15) is 0 Å². The van der Waals surface area contributed by atoms with Crippen molar-refractivity contribution in [2.45, 2.75) is 30.3 Å². The maximum absolute atomic E-state index is 11.6. The molecule has 3 N–H and O–H groups in total. The van der Waals surface area contributed by atoms with Gasteiger partial charge in [0.05, 0.1) is 12.1 Å². The lowest BCUT2D eigenvalue weighted by atomic mass is 10.0. The summed E-state index contributed by atoms with van der Waals surface area (Å²) in [7, 11) is 0. The lowest BCUT2D eigenvalue weighted by Crippen LogP contribution is -2.41. The van der Waals surface area contributed by atoms with Crippen molar-refractivity contribution in [3.05, 3.63) is 28.8 Å². The molecule has 2 atom stereocenters. The Hall–Kier alpha value is -0.710. The van der Waals surface area contributed by atoms with Gasteiger partial charge in [-0.3, -0.25) is 4.79 Å². The van der Waals surface area contributed by atoms with Gasteiger partial charge in [-0.15, -0.1) is 11.8 Å². The third-order valence-electron chi connectivity index (χ3n) is 2.74. The summed E-state index contributed by atoms with van der Waals surface area (Å²) in [6.07, 6.45) is 0.913. The Bertz CT molecular complexity index is 437. The molecule has 0 spiro atoms. The van der Waals surface area contributed by atoms with Gasteiger partial charge in [0.2, 0.25) is 5.91 Å². The summed E-state index contributed by atoms with van der Waals surface area (Å²) in [5.41, 5.74) is 6.66. The molecule has 0 saturated carbocycles. The highest BCUT2D eigenvalue weighted by Crippen LogP contribution is 2.37. The van der Waals surface area contributed by atoms with Crippen molar-refractivity contribution in [3.63, 3.8) is 0 Å². The van der Waals surface area contributed by atoms with Crippen LogP contribution >= 0.6 is 23.4 Å². The highest BCUT2D eigenvalue weighted by atomic mass is 35.5. The van der Waals surface area contributed by atoms with Gasteiger partial charge in [0, 0.05) is 15.7 Å². The maximum Gasteiger partial charge on any atom is 0.237 e. The van der Waals surface area contributed by atoms with E-state index in [4.69, 9.17) is 17.3 Å². The molecule has 1 aromatic carbocycles. The van der Waals surface area contributed by atoms with E-state index >= 15 is 0 Å². The van der Waals surface area contributed by atoms with Crippen LogP contribution in [-0.4, -0.2) is 17.7 Å². The van der Waals surface area contributed by atoms with Crippen LogP contribution in [0.25, 0.3) is 0 Å². The zero-order valence-corrected chi connectivity index (χ0v) is 11.1. The number of carbonyl (C=O) groups is 1. The van der Waals surface area contributed by atoms with Crippen molar-refractivity contribution in [3.8, 4) is 0 Å². The fourth-order valence-corrected chi connectivity index (χ4v) is 3.10. The largest absolute Gasteiger partial charge is 0.348 e. The molecule has 0 saturated heterocycles. The number of carbonyl (C=O) groups excluding carboxylic acids is 1. The molecule has 2 rings (SSSR count). The van der Waals surface area contributed by atoms with Crippen LogP contribution in [0.5, 0.6) is 0 Å². The lowest BCUT2D eigenvalue weighted by Gasteiger charge is -2.26. The standard InChI is InChI=1S/C12H15ClN2OS/c1-7(14)12(16)15-10-4-5-17-11-3-2-8(13)6-9(10)11/h2-3,6-7,10H,4-5,14H2,1H3,(H,15,16)/t7-,10?/m1/s1. The molecule has 5 heteroatoms. The molecular formula is C12H15ClN2OS. The van der Waals surface area contributed by atoms with Crippen LogP contribution in [0.1, 0.15) is 24.9 Å². The normalized spacial score (nSPS) is 20.5. The Morgan fingerprint density at radius 3 is 3.12 bits per heavy atom. The van der Waals surface area contributed by atoms with Crippen LogP contribution in [0.15, 0.2) is 23.1 Å². The molecule has 1 aromatic rings. The summed E-state index contributed by atoms with van der Waals surface area (Å²) in [6.45, 7) is 1.69. The van der Waals surface area contributed by atoms with Gasteiger partial charge in [0.1, 0.15) is 0 Å². The Morgan fingerprint density at radius 1 is 1.65 bits per heavy atom. The van der Waals surface area contributed by atoms with Gasteiger partial charge in [0.25, 0.3) is 0 Å². The molecule has 3 nitrogen and oxygen atoms in total. The zero-order chi connectivity index (χ0) is 12.4. The summed E-state index contributed by atoms with van der Waals surface area (Å²) in [6, 6.07) is 5.36. The number of hydrogen-bond donors (Lipinski definition) is 2. The van der Waals surface area contributed by atoms with E-state index in [1.807, 2.05) is 18.2 Å². The number of amides is 1. The second-order valence-electron chi connectivity index (χ2n) is 4.17. The quantitative estimate of drug-likeness (QED) is 0.867. The number of thioether (sulfide) groups is 1. The summed E-state index contributed by atoms with van der Waals surface area (Å²) in [4.78, 5) is 12.8. The average molecular weight is 271 g/mol. The van der Waals surface area contributed by atoms with Crippen molar-refractivity contribution in [2.24, 2.45) is 5.73 Å². The minimum Gasteiger partial charge on any atom is -0.348 e. The molecular weight excluding hydrogens is 256 g/mol. The molecule has 1 aliphatic rings. The highest BCUT2D eigenvalue weighted by Gasteiger charge is 2.23. The fourth-order valence-electron chi connectivity index (χ4n) is 1.82. The van der Waals surface area contributed by atoms with Crippen molar-refractivity contribution < 1.29 is 4.79 Å². The minimum absolute atomic E-state index is 0.0310. The monoisotopic (exact) mass is 270 g/mol. The first-order valence-electron chi connectivity index (χ1n) is 5.56. The molecule has 0 bridgehead atoms. The second-order valence-corrected chi connectivity index (χ2v) is 5.74. The van der Waals surface area contributed by atoms with Crippen molar-refractivity contribution in [1.29, 1.82) is 0 Å². The number of benzene rings is 1. The van der Waals surface area contributed by atoms with Crippen LogP contribution in [0.4, 0.5) is 0 Å². The van der Waals surface area contributed by atoms with E-state index in [0.717, 1.165) is 17.7 Å². The Labute approximate surface area is 110 Å². The first-order valence-corrected chi connectivity index (χ1v) is 6.92. The SMILES string of the molecule is C[C@@H](N)C(=O)NC1CCSc2ccc(Cl)cc21. The number of nitrogens with one attached hydrogen (secondary N) is 1. The van der Waals surface area contributed by atoms with Gasteiger partial charge in [0.15, 0.2) is 0 Å². The lowest BCUT2D eigenvalue weighted by molar-refractivity contribution is -0.122. The van der Waals surface area contributed by atoms with Gasteiger partial charge in [-0.25, -0.2) is 0 Å². The van der Waals surface area contributed by atoms with Gasteiger partial charge >= 0.3 is 0 Å². The topological polar surface area (TPSA) is 55.1 Å². The Balaban J connectivity index is 2.22. The van der Waals surface area contributed by atoms with Crippen LogP contribution in [0.2, 0.25) is 5.02 Å². The molecule has 1 heterocycles. The van der Waals surface area contributed by atoms with Crippen molar-refractivity contribution in [2.75, 3.05) is 5.75 Å². The summed E-state index contributed by atoms with van der Waals surface area (Å²) >= 11 is 7.79. The van der Waals surface area contributed by atoms with E-state index in [1.54, 1.807) is 18.7 Å². The Morgan fingerprint density at radius 2 is 2.41 bits per heavy atom. The second kappa shape index (κ2) is 5.29. The fraction of sp³-hybridized carbons (Fsp3) is 0.417. The average Bonchev–Trinajstić information content (AvgIpc) is 2.29. The predicted molar refractivity (Wildman–Crippen MR) is 71.3 cm³/mol. The number of fused-ring (bicyclic) bond motifs is 1. The highest BCUT2D eigenvalue weighted by molar-refractivity contribution is 7.99. The molecule has 17 heavy (non-hydrogen) atoms. The van der Waals surface area contributed by atoms with E-state index in [0.29, 0.717) is 5.02 Å². The van der Waals surface area contributed by atoms with Gasteiger partial charge < -0.3 is 11.1 Å². The minimum atomic E-state index is -0.479. The molecule has 92 valence electrons. The third kappa shape index (κ3) is 2.94. The molecule has 0 aliphatic carbocycles. The van der Waals surface area contributed by atoms with E-state index in [2.05, 4.69) is 5.32 Å². The number of hydrogen-bond acceptors (Lipinski definition) is 3. The summed E-state index contributed by atoms with van der Waals surface area (Å²) in [5.74, 6) is 0.881. The maximum atomic E-state index is 11.6. The zero-order valence-electron chi connectivity index (χ0n) is 9.57.